The molecule has 21 heavy (non-hydrogen) atoms. The summed E-state index contributed by atoms with van der Waals surface area (Å²) in [5.74, 6) is -0.163. The van der Waals surface area contributed by atoms with E-state index in [1.54, 1.807) is 13.2 Å². The topological polar surface area (TPSA) is 42.4 Å². The van der Waals surface area contributed by atoms with Crippen LogP contribution in [0.1, 0.15) is 10.4 Å². The van der Waals surface area contributed by atoms with Gasteiger partial charge < -0.3 is 0 Å². The highest BCUT2D eigenvalue weighted by Gasteiger charge is 2.16. The van der Waals surface area contributed by atoms with Gasteiger partial charge in [0, 0.05) is 26.7 Å². The monoisotopic (exact) mass is 302 g/mol. The van der Waals surface area contributed by atoms with Gasteiger partial charge in [0.1, 0.15) is 0 Å². The first-order valence-electron chi connectivity index (χ1n) is 7.12. The van der Waals surface area contributed by atoms with E-state index in [1.807, 2.05) is 30.3 Å². The fourth-order valence-corrected chi connectivity index (χ4v) is 2.62. The van der Waals surface area contributed by atoms with Crippen molar-refractivity contribution in [3.05, 3.63) is 42.1 Å². The number of benzene rings is 1. The van der Waals surface area contributed by atoms with Gasteiger partial charge in [0.25, 0.3) is 5.91 Å². The quantitative estimate of drug-likeness (QED) is 0.626. The number of para-hydroxylation sites is 1. The zero-order valence-corrected chi connectivity index (χ0v) is 14.1. The number of amides is 1. The third kappa shape index (κ3) is 4.37. The summed E-state index contributed by atoms with van der Waals surface area (Å²) in [5, 5.41) is 2.27. The lowest BCUT2D eigenvalue weighted by Crippen LogP contribution is -2.30. The van der Waals surface area contributed by atoms with Crippen molar-refractivity contribution in [1.29, 1.82) is 0 Å². The van der Waals surface area contributed by atoms with E-state index < -0.39 is 8.07 Å². The summed E-state index contributed by atoms with van der Waals surface area (Å²) >= 11 is 0. The molecule has 0 saturated carbocycles. The fraction of sp³-hybridized carbons (Fsp3) is 0.375. The third-order valence-corrected chi connectivity index (χ3v) is 4.96. The van der Waals surface area contributed by atoms with Crippen LogP contribution in [0, 0.1) is 0 Å². The summed E-state index contributed by atoms with van der Waals surface area (Å²) in [6.07, 6.45) is 1.60. The smallest absolute Gasteiger partial charge is 0.271 e. The molecule has 0 atom stereocenters. The molecular formula is C16H22N2O2Si. The number of aromatic nitrogens is 1. The van der Waals surface area contributed by atoms with Crippen LogP contribution in [0.25, 0.3) is 10.9 Å². The minimum Gasteiger partial charge on any atom is -0.271 e. The molecule has 4 nitrogen and oxygen atoms in total. The Morgan fingerprint density at radius 1 is 1.29 bits per heavy atom. The molecule has 1 aromatic heterocycles. The van der Waals surface area contributed by atoms with Gasteiger partial charge in [0.15, 0.2) is 0 Å². The molecule has 5 heteroatoms. The average Bonchev–Trinajstić information content (AvgIpc) is 2.44. The van der Waals surface area contributed by atoms with Crippen molar-refractivity contribution in [2.24, 2.45) is 0 Å². The Morgan fingerprint density at radius 2 is 2.00 bits per heavy atom. The van der Waals surface area contributed by atoms with Crippen LogP contribution in [0.15, 0.2) is 36.5 Å². The van der Waals surface area contributed by atoms with E-state index in [0.29, 0.717) is 12.2 Å². The SMILES string of the molecule is CN(OCC[Si](C)(C)C)C(=O)c1cnc2ccccc2c1. The second-order valence-corrected chi connectivity index (χ2v) is 12.0. The number of hydroxylamine groups is 2. The molecule has 1 amide bonds. The zero-order valence-electron chi connectivity index (χ0n) is 13.1. The second-order valence-electron chi connectivity index (χ2n) is 6.36. The molecule has 0 aliphatic carbocycles. The molecule has 2 aromatic rings. The zero-order chi connectivity index (χ0) is 15.5. The summed E-state index contributed by atoms with van der Waals surface area (Å²) in [4.78, 5) is 22.2. The molecule has 0 aliphatic rings. The molecule has 0 bridgehead atoms. The molecule has 2 rings (SSSR count). The Hall–Kier alpha value is -1.72. The Morgan fingerprint density at radius 3 is 2.71 bits per heavy atom. The van der Waals surface area contributed by atoms with Gasteiger partial charge >= 0.3 is 0 Å². The Balaban J connectivity index is 2.03. The van der Waals surface area contributed by atoms with Crippen molar-refractivity contribution in [1.82, 2.24) is 10.0 Å². The molecule has 0 radical (unpaired) electrons. The molecule has 0 N–H and O–H groups in total. The summed E-state index contributed by atoms with van der Waals surface area (Å²) in [7, 11) is 0.505. The fourth-order valence-electron chi connectivity index (χ4n) is 1.92. The van der Waals surface area contributed by atoms with Gasteiger partial charge in [-0.2, -0.15) is 0 Å². The number of pyridine rings is 1. The van der Waals surface area contributed by atoms with Crippen LogP contribution in [0.4, 0.5) is 0 Å². The first kappa shape index (κ1) is 15.7. The van der Waals surface area contributed by atoms with Gasteiger partial charge in [0.05, 0.1) is 17.7 Å². The van der Waals surface area contributed by atoms with Crippen molar-refractivity contribution in [2.75, 3.05) is 13.7 Å². The molecule has 0 saturated heterocycles. The molecule has 0 aliphatic heterocycles. The van der Waals surface area contributed by atoms with Crippen molar-refractivity contribution < 1.29 is 9.63 Å². The average molecular weight is 302 g/mol. The van der Waals surface area contributed by atoms with Crippen molar-refractivity contribution in [3.8, 4) is 0 Å². The van der Waals surface area contributed by atoms with E-state index in [9.17, 15) is 4.79 Å². The van der Waals surface area contributed by atoms with Crippen molar-refractivity contribution in [3.63, 3.8) is 0 Å². The molecule has 0 unspecified atom stereocenters. The van der Waals surface area contributed by atoms with E-state index in [0.717, 1.165) is 16.9 Å². The van der Waals surface area contributed by atoms with E-state index in [4.69, 9.17) is 4.84 Å². The van der Waals surface area contributed by atoms with Gasteiger partial charge in [-0.25, -0.2) is 5.06 Å². The van der Waals surface area contributed by atoms with Gasteiger partial charge in [-0.1, -0.05) is 37.8 Å². The summed E-state index contributed by atoms with van der Waals surface area (Å²) < 4.78 is 0. The Labute approximate surface area is 126 Å². The number of nitrogens with zero attached hydrogens (tertiary/aromatic N) is 2. The number of hydrogen-bond acceptors (Lipinski definition) is 3. The normalized spacial score (nSPS) is 11.6. The number of fused-ring (bicyclic) bond motifs is 1. The van der Waals surface area contributed by atoms with E-state index in [2.05, 4.69) is 24.6 Å². The molecule has 0 spiro atoms. The third-order valence-electron chi connectivity index (χ3n) is 3.26. The minimum atomic E-state index is -1.15. The minimum absolute atomic E-state index is 0.163. The predicted octanol–water partition coefficient (Wildman–Crippen LogP) is 3.58. The number of carbonyl (C=O) groups is 1. The van der Waals surface area contributed by atoms with Gasteiger partial charge in [0.2, 0.25) is 0 Å². The summed E-state index contributed by atoms with van der Waals surface area (Å²) in [6, 6.07) is 10.6. The Kier molecular flexibility index (Phi) is 4.75. The highest BCUT2D eigenvalue weighted by atomic mass is 28.3. The lowest BCUT2D eigenvalue weighted by molar-refractivity contribution is -0.100. The Bertz CT molecular complexity index is 637. The molecule has 1 heterocycles. The maximum absolute atomic E-state index is 12.3. The van der Waals surface area contributed by atoms with Crippen LogP contribution in [-0.2, 0) is 4.84 Å². The standard InChI is InChI=1S/C16H22N2O2Si/c1-18(20-9-10-21(2,3)4)16(19)14-11-13-7-5-6-8-15(13)17-12-14/h5-8,11-12H,9-10H2,1-4H3. The van der Waals surface area contributed by atoms with E-state index >= 15 is 0 Å². The maximum atomic E-state index is 12.3. The van der Waals surface area contributed by atoms with Crippen LogP contribution >= 0.6 is 0 Å². The molecule has 0 fully saturated rings. The van der Waals surface area contributed by atoms with Gasteiger partial charge in [-0.3, -0.25) is 14.6 Å². The predicted molar refractivity (Wildman–Crippen MR) is 87.9 cm³/mol. The van der Waals surface area contributed by atoms with Crippen LogP contribution in [0.3, 0.4) is 0 Å². The van der Waals surface area contributed by atoms with Crippen LogP contribution in [-0.4, -0.2) is 37.7 Å². The van der Waals surface area contributed by atoms with E-state index in [1.165, 1.54) is 5.06 Å². The number of hydrogen-bond donors (Lipinski definition) is 0. The molecule has 112 valence electrons. The lowest BCUT2D eigenvalue weighted by Gasteiger charge is -2.20. The van der Waals surface area contributed by atoms with Crippen molar-refractivity contribution >= 4 is 24.9 Å². The van der Waals surface area contributed by atoms with Crippen LogP contribution in [0.2, 0.25) is 25.7 Å². The lowest BCUT2D eigenvalue weighted by atomic mass is 10.1. The van der Waals surface area contributed by atoms with E-state index in [-0.39, 0.29) is 5.91 Å². The molecular weight excluding hydrogens is 280 g/mol. The summed E-state index contributed by atoms with van der Waals surface area (Å²) in [5.41, 5.74) is 1.43. The first-order chi connectivity index (χ1) is 9.87. The summed E-state index contributed by atoms with van der Waals surface area (Å²) in [6.45, 7) is 7.43. The number of rotatable bonds is 5. The first-order valence-corrected chi connectivity index (χ1v) is 10.8. The highest BCUT2D eigenvalue weighted by Crippen LogP contribution is 2.14. The maximum Gasteiger partial charge on any atom is 0.278 e. The van der Waals surface area contributed by atoms with Crippen molar-refractivity contribution in [2.45, 2.75) is 25.7 Å². The second kappa shape index (κ2) is 6.36. The number of carbonyl (C=O) groups excluding carboxylic acids is 1. The largest absolute Gasteiger partial charge is 0.278 e. The van der Waals surface area contributed by atoms with Gasteiger partial charge in [-0.05, 0) is 18.2 Å². The van der Waals surface area contributed by atoms with Crippen LogP contribution in [0.5, 0.6) is 0 Å². The van der Waals surface area contributed by atoms with Gasteiger partial charge in [-0.15, -0.1) is 0 Å². The highest BCUT2D eigenvalue weighted by molar-refractivity contribution is 6.76. The van der Waals surface area contributed by atoms with Crippen LogP contribution < -0.4 is 0 Å². The molecule has 1 aromatic carbocycles.